The Morgan fingerprint density at radius 3 is 1.38 bits per heavy atom. The third-order valence-electron chi connectivity index (χ3n) is 5.43. The molecule has 0 spiro atoms. The molecule has 0 N–H and O–H groups in total. The molecular weight excluding hydrogens is 440 g/mol. The first-order chi connectivity index (χ1) is 16.8. The van der Waals surface area contributed by atoms with Crippen LogP contribution in [0.1, 0.15) is 59.3 Å². The van der Waals surface area contributed by atoms with Crippen molar-refractivity contribution in [2.24, 2.45) is 0 Å². The topological polar surface area (TPSA) is 27.7 Å². The monoisotopic (exact) mass is 479 g/mol. The summed E-state index contributed by atoms with van der Waals surface area (Å²) in [4.78, 5) is 3.59. The van der Waals surface area contributed by atoms with Crippen LogP contribution in [0.5, 0.6) is 17.2 Å². The number of benzene rings is 3. The van der Waals surface area contributed by atoms with Gasteiger partial charge in [0.1, 0.15) is 16.6 Å². The minimum absolute atomic E-state index is 0.370. The van der Waals surface area contributed by atoms with Crippen LogP contribution in [0.15, 0.2) is 87.5 Å². The summed E-state index contributed by atoms with van der Waals surface area (Å²) >= 11 is 0. The Morgan fingerprint density at radius 1 is 0.559 bits per heavy atom. The highest BCUT2D eigenvalue weighted by Gasteiger charge is 2.36. The summed E-state index contributed by atoms with van der Waals surface area (Å²) in [6, 6.07) is 25.5. The van der Waals surface area contributed by atoms with Gasteiger partial charge in [0.25, 0.3) is 0 Å². The van der Waals surface area contributed by atoms with Gasteiger partial charge in [0.05, 0.1) is 19.8 Å². The Labute approximate surface area is 208 Å². The van der Waals surface area contributed by atoms with Crippen LogP contribution in [-0.4, -0.2) is 19.8 Å². The van der Waals surface area contributed by atoms with Crippen molar-refractivity contribution in [3.8, 4) is 17.2 Å². The molecule has 0 radical (unpaired) electrons. The van der Waals surface area contributed by atoms with E-state index < -0.39 is 0 Å². The van der Waals surface area contributed by atoms with Crippen molar-refractivity contribution in [1.82, 2.24) is 0 Å². The molecule has 0 aromatic heterocycles. The summed E-state index contributed by atoms with van der Waals surface area (Å²) in [6.07, 6.45) is 6.32. The fourth-order valence-corrected chi connectivity index (χ4v) is 5.76. The van der Waals surface area contributed by atoms with Crippen molar-refractivity contribution >= 4 is 10.9 Å². The molecule has 0 heterocycles. The van der Waals surface area contributed by atoms with Gasteiger partial charge in [-0.2, -0.15) is 0 Å². The predicted octanol–water partition coefficient (Wildman–Crippen LogP) is 8.32. The summed E-state index contributed by atoms with van der Waals surface area (Å²) in [5, 5.41) is 0. The normalized spacial score (nSPS) is 10.9. The van der Waals surface area contributed by atoms with Crippen molar-refractivity contribution in [3.63, 3.8) is 0 Å². The molecule has 0 amide bonds. The maximum atomic E-state index is 6.44. The van der Waals surface area contributed by atoms with Gasteiger partial charge in [0.15, 0.2) is 21.3 Å². The highest BCUT2D eigenvalue weighted by molar-refractivity contribution is 7.97. The number of hydrogen-bond acceptors (Lipinski definition) is 3. The zero-order valence-corrected chi connectivity index (χ0v) is 21.7. The second kappa shape index (κ2) is 14.6. The van der Waals surface area contributed by atoms with Crippen molar-refractivity contribution < 1.29 is 14.2 Å². The molecule has 3 rings (SSSR count). The van der Waals surface area contributed by atoms with E-state index in [1.54, 1.807) is 0 Å². The van der Waals surface area contributed by atoms with Crippen molar-refractivity contribution in [3.05, 3.63) is 72.8 Å². The molecule has 0 unspecified atom stereocenters. The Morgan fingerprint density at radius 2 is 0.971 bits per heavy atom. The second-order valence-corrected chi connectivity index (χ2v) is 10.3. The quantitative estimate of drug-likeness (QED) is 0.162. The van der Waals surface area contributed by atoms with Gasteiger partial charge in [0.2, 0.25) is 4.90 Å². The molecular formula is C30H39O3S+. The summed E-state index contributed by atoms with van der Waals surface area (Å²) < 4.78 is 19.0. The van der Waals surface area contributed by atoms with Crippen LogP contribution in [0.2, 0.25) is 0 Å². The summed E-state index contributed by atoms with van der Waals surface area (Å²) in [7, 11) is -0.370. The number of rotatable bonds is 15. The average molecular weight is 480 g/mol. The van der Waals surface area contributed by atoms with Crippen LogP contribution >= 0.6 is 0 Å². The smallest absolute Gasteiger partial charge is 0.250 e. The predicted molar refractivity (Wildman–Crippen MR) is 143 cm³/mol. The van der Waals surface area contributed by atoms with E-state index in [1.807, 2.05) is 0 Å². The van der Waals surface area contributed by atoms with Gasteiger partial charge in [0, 0.05) is 12.1 Å². The zero-order chi connectivity index (χ0) is 24.0. The molecule has 182 valence electrons. The summed E-state index contributed by atoms with van der Waals surface area (Å²) in [5.74, 6) is 2.55. The molecule has 0 bridgehead atoms. The maximum Gasteiger partial charge on any atom is 0.250 e. The molecule has 0 saturated carbocycles. The number of unbranched alkanes of at least 4 members (excludes halogenated alkanes) is 3. The average Bonchev–Trinajstić information content (AvgIpc) is 2.87. The van der Waals surface area contributed by atoms with E-state index in [4.69, 9.17) is 14.2 Å². The first kappa shape index (κ1) is 26.0. The van der Waals surface area contributed by atoms with E-state index in [9.17, 15) is 0 Å². The number of hydrogen-bond donors (Lipinski definition) is 0. The van der Waals surface area contributed by atoms with Crippen molar-refractivity contribution in [2.75, 3.05) is 19.8 Å². The van der Waals surface area contributed by atoms with Gasteiger partial charge in [-0.1, -0.05) is 76.4 Å². The Balaban J connectivity index is 2.15. The molecule has 0 aliphatic carbocycles. The van der Waals surface area contributed by atoms with Crippen LogP contribution in [0.4, 0.5) is 0 Å². The first-order valence-corrected chi connectivity index (χ1v) is 13.9. The van der Waals surface area contributed by atoms with E-state index >= 15 is 0 Å². The third-order valence-corrected chi connectivity index (χ3v) is 7.73. The lowest BCUT2D eigenvalue weighted by atomic mass is 10.2. The van der Waals surface area contributed by atoms with E-state index in [0.29, 0.717) is 19.8 Å². The molecule has 3 aromatic carbocycles. The molecule has 0 fully saturated rings. The molecule has 3 aromatic rings. The number of ether oxygens (including phenoxy) is 3. The molecule has 0 saturated heterocycles. The zero-order valence-electron chi connectivity index (χ0n) is 20.9. The largest absolute Gasteiger partial charge is 0.493 e. The van der Waals surface area contributed by atoms with Crippen LogP contribution in [-0.2, 0) is 10.9 Å². The van der Waals surface area contributed by atoms with Gasteiger partial charge >= 0.3 is 0 Å². The van der Waals surface area contributed by atoms with E-state index in [-0.39, 0.29) is 10.9 Å². The van der Waals surface area contributed by atoms with Gasteiger partial charge in [-0.05, 0) is 43.5 Å². The van der Waals surface area contributed by atoms with Gasteiger partial charge in [-0.3, -0.25) is 0 Å². The Kier molecular flexibility index (Phi) is 11.2. The maximum absolute atomic E-state index is 6.44. The van der Waals surface area contributed by atoms with Crippen LogP contribution in [0, 0.1) is 0 Å². The van der Waals surface area contributed by atoms with E-state index in [0.717, 1.165) is 60.7 Å². The van der Waals surface area contributed by atoms with E-state index in [2.05, 4.69) is 93.6 Å². The van der Waals surface area contributed by atoms with Crippen LogP contribution in [0.3, 0.4) is 0 Å². The minimum Gasteiger partial charge on any atom is -0.493 e. The molecule has 34 heavy (non-hydrogen) atoms. The van der Waals surface area contributed by atoms with Crippen LogP contribution < -0.4 is 14.2 Å². The molecule has 3 nitrogen and oxygen atoms in total. The Bertz CT molecular complexity index is 889. The van der Waals surface area contributed by atoms with Gasteiger partial charge < -0.3 is 14.2 Å². The van der Waals surface area contributed by atoms with Crippen molar-refractivity contribution in [1.29, 1.82) is 0 Å². The summed E-state index contributed by atoms with van der Waals surface area (Å²) in [5.41, 5.74) is 0. The fourth-order valence-electron chi connectivity index (χ4n) is 3.52. The highest BCUT2D eigenvalue weighted by atomic mass is 32.2. The molecule has 0 aliphatic rings. The molecule has 0 atom stereocenters. The van der Waals surface area contributed by atoms with Gasteiger partial charge in [-0.15, -0.1) is 0 Å². The SMILES string of the molecule is CCCCOc1cc(OCCCC)c([S+](c2ccccc2)c2ccccc2)c(OCCCC)c1. The Hall–Kier alpha value is -2.59. The lowest BCUT2D eigenvalue weighted by molar-refractivity contribution is 0.269. The van der Waals surface area contributed by atoms with Crippen LogP contribution in [0.25, 0.3) is 0 Å². The fraction of sp³-hybridized carbons (Fsp3) is 0.400. The van der Waals surface area contributed by atoms with Crippen molar-refractivity contribution in [2.45, 2.75) is 74.0 Å². The molecule has 0 aliphatic heterocycles. The van der Waals surface area contributed by atoms with Gasteiger partial charge in [-0.25, -0.2) is 0 Å². The highest BCUT2D eigenvalue weighted by Crippen LogP contribution is 2.45. The third kappa shape index (κ3) is 7.46. The first-order valence-electron chi connectivity index (χ1n) is 12.7. The second-order valence-electron chi connectivity index (χ2n) is 8.29. The lowest BCUT2D eigenvalue weighted by Gasteiger charge is -2.18. The standard InChI is InChI=1S/C30H39O3S/c1-4-7-20-31-25-23-28(32-21-8-5-2)30(29(24-25)33-22-9-6-3)34(26-16-12-10-13-17-26)27-18-14-11-15-19-27/h10-19,23-24H,4-9,20-22H2,1-3H3/q+1. The lowest BCUT2D eigenvalue weighted by Crippen LogP contribution is -2.12. The summed E-state index contributed by atoms with van der Waals surface area (Å²) in [6.45, 7) is 8.60. The van der Waals surface area contributed by atoms with E-state index in [1.165, 1.54) is 9.79 Å². The minimum atomic E-state index is -0.370. The molecule has 4 heteroatoms.